The van der Waals surface area contributed by atoms with Crippen molar-refractivity contribution < 1.29 is 22.7 Å². The third-order valence-corrected chi connectivity index (χ3v) is 5.61. The van der Waals surface area contributed by atoms with Crippen molar-refractivity contribution in [2.45, 2.75) is 17.9 Å². The molecule has 1 unspecified atom stereocenters. The summed E-state index contributed by atoms with van der Waals surface area (Å²) >= 11 is 0. The van der Waals surface area contributed by atoms with Crippen molar-refractivity contribution in [1.82, 2.24) is 4.72 Å². The highest BCUT2D eigenvalue weighted by molar-refractivity contribution is 7.89. The first-order valence-electron chi connectivity index (χ1n) is 8.01. The fourth-order valence-corrected chi connectivity index (χ4v) is 4.04. The molecule has 2 aromatic carbocycles. The smallest absolute Gasteiger partial charge is 0.269 e. The Kier molecular flexibility index (Phi) is 4.88. The Bertz CT molecular complexity index is 942. The van der Waals surface area contributed by atoms with Crippen LogP contribution < -0.4 is 19.1 Å². The van der Waals surface area contributed by atoms with Crippen molar-refractivity contribution in [3.05, 3.63) is 48.0 Å². The van der Waals surface area contributed by atoms with Crippen LogP contribution in [-0.2, 0) is 14.8 Å². The number of amides is 1. The predicted octanol–water partition coefficient (Wildman–Crippen LogP) is 1.71. The largest absolute Gasteiger partial charge is 0.495 e. The predicted molar refractivity (Wildman–Crippen MR) is 97.2 cm³/mol. The molecule has 1 N–H and O–H groups in total. The number of nitrogens with one attached hydrogen (secondary N) is 1. The molecule has 138 valence electrons. The molecule has 0 bridgehead atoms. The van der Waals surface area contributed by atoms with Gasteiger partial charge in [-0.05, 0) is 36.8 Å². The third-order valence-electron chi connectivity index (χ3n) is 4.17. The number of fused-ring (bicyclic) bond motifs is 1. The molecular formula is C18H20N2O5S. The first-order valence-corrected chi connectivity index (χ1v) is 9.49. The molecule has 0 aromatic heterocycles. The lowest BCUT2D eigenvalue weighted by Gasteiger charge is -2.31. The van der Waals surface area contributed by atoms with E-state index in [1.54, 1.807) is 50.4 Å². The number of methoxy groups -OCH3 is 1. The van der Waals surface area contributed by atoms with Crippen LogP contribution >= 0.6 is 0 Å². The molecule has 0 fully saturated rings. The number of sulfonamides is 1. The van der Waals surface area contributed by atoms with Crippen LogP contribution in [0.5, 0.6) is 11.5 Å². The average Bonchev–Trinajstić information content (AvgIpc) is 2.63. The summed E-state index contributed by atoms with van der Waals surface area (Å²) < 4.78 is 38.6. The van der Waals surface area contributed by atoms with Gasteiger partial charge in [0, 0.05) is 7.05 Å². The van der Waals surface area contributed by atoms with Gasteiger partial charge in [0.05, 0.1) is 19.3 Å². The van der Waals surface area contributed by atoms with E-state index in [0.29, 0.717) is 11.4 Å². The fraction of sp³-hybridized carbons (Fsp3) is 0.278. The molecule has 0 spiro atoms. The van der Waals surface area contributed by atoms with E-state index in [0.717, 1.165) is 5.56 Å². The van der Waals surface area contributed by atoms with Crippen molar-refractivity contribution in [1.29, 1.82) is 0 Å². The number of hydrogen-bond acceptors (Lipinski definition) is 5. The summed E-state index contributed by atoms with van der Waals surface area (Å²) in [4.78, 5) is 13.9. The minimum absolute atomic E-state index is 0.0250. The number of benzene rings is 2. The zero-order chi connectivity index (χ0) is 18.9. The Labute approximate surface area is 152 Å². The topological polar surface area (TPSA) is 84.9 Å². The highest BCUT2D eigenvalue weighted by Crippen LogP contribution is 2.32. The number of carbonyl (C=O) groups excluding carboxylic acids is 1. The number of rotatable bonds is 5. The number of likely N-dealkylation sites (N-methyl/N-ethyl adjacent to an activating group) is 1. The second-order valence-electron chi connectivity index (χ2n) is 5.98. The summed E-state index contributed by atoms with van der Waals surface area (Å²) in [5, 5.41) is 0. The Morgan fingerprint density at radius 1 is 1.23 bits per heavy atom. The SMILES string of the molecule is COc1ccc(C)cc1S(=O)(=O)NCC1Oc2ccccc2N(C)C1=O. The van der Waals surface area contributed by atoms with Crippen LogP contribution in [0.2, 0.25) is 0 Å². The Balaban J connectivity index is 1.81. The van der Waals surface area contributed by atoms with E-state index in [4.69, 9.17) is 9.47 Å². The average molecular weight is 376 g/mol. The first kappa shape index (κ1) is 18.2. The van der Waals surface area contributed by atoms with E-state index in [1.165, 1.54) is 18.1 Å². The van der Waals surface area contributed by atoms with Crippen molar-refractivity contribution >= 4 is 21.6 Å². The molecule has 26 heavy (non-hydrogen) atoms. The van der Waals surface area contributed by atoms with Crippen molar-refractivity contribution in [3.8, 4) is 11.5 Å². The molecule has 1 amide bonds. The second kappa shape index (κ2) is 6.97. The molecule has 3 rings (SSSR count). The van der Waals surface area contributed by atoms with E-state index >= 15 is 0 Å². The highest BCUT2D eigenvalue weighted by Gasteiger charge is 2.33. The zero-order valence-electron chi connectivity index (χ0n) is 14.7. The quantitative estimate of drug-likeness (QED) is 0.859. The van der Waals surface area contributed by atoms with Crippen LogP contribution in [0.1, 0.15) is 5.56 Å². The summed E-state index contributed by atoms with van der Waals surface area (Å²) in [6.07, 6.45) is -0.944. The van der Waals surface area contributed by atoms with Gasteiger partial charge in [0.15, 0.2) is 6.10 Å². The summed E-state index contributed by atoms with van der Waals surface area (Å²) in [6.45, 7) is 1.61. The molecule has 2 aromatic rings. The maximum Gasteiger partial charge on any atom is 0.269 e. The van der Waals surface area contributed by atoms with E-state index in [1.807, 2.05) is 0 Å². The van der Waals surface area contributed by atoms with E-state index in [2.05, 4.69) is 4.72 Å². The van der Waals surface area contributed by atoms with Crippen LogP contribution in [0.3, 0.4) is 0 Å². The number of nitrogens with zero attached hydrogens (tertiary/aromatic N) is 1. The van der Waals surface area contributed by atoms with Gasteiger partial charge in [-0.15, -0.1) is 0 Å². The van der Waals surface area contributed by atoms with Crippen LogP contribution in [0.15, 0.2) is 47.4 Å². The summed E-state index contributed by atoms with van der Waals surface area (Å²) in [5.41, 5.74) is 1.43. The maximum atomic E-state index is 12.7. The van der Waals surface area contributed by atoms with E-state index < -0.39 is 16.1 Å². The second-order valence-corrected chi connectivity index (χ2v) is 7.71. The minimum Gasteiger partial charge on any atom is -0.495 e. The Morgan fingerprint density at radius 3 is 2.69 bits per heavy atom. The minimum atomic E-state index is -3.87. The third kappa shape index (κ3) is 3.38. The number of ether oxygens (including phenoxy) is 2. The molecule has 8 heteroatoms. The van der Waals surface area contributed by atoms with Gasteiger partial charge in [0.25, 0.3) is 5.91 Å². The monoisotopic (exact) mass is 376 g/mol. The lowest BCUT2D eigenvalue weighted by atomic mass is 10.2. The first-order chi connectivity index (χ1) is 12.3. The van der Waals surface area contributed by atoms with E-state index in [9.17, 15) is 13.2 Å². The van der Waals surface area contributed by atoms with Gasteiger partial charge in [0.1, 0.15) is 16.4 Å². The molecule has 0 saturated heterocycles. The molecule has 1 heterocycles. The molecular weight excluding hydrogens is 356 g/mol. The molecule has 1 aliphatic rings. The number of hydrogen-bond donors (Lipinski definition) is 1. The zero-order valence-corrected chi connectivity index (χ0v) is 15.5. The van der Waals surface area contributed by atoms with Gasteiger partial charge >= 0.3 is 0 Å². The van der Waals surface area contributed by atoms with Crippen molar-refractivity contribution in [2.24, 2.45) is 0 Å². The lowest BCUT2D eigenvalue weighted by molar-refractivity contribution is -0.125. The van der Waals surface area contributed by atoms with Crippen LogP contribution in [0.25, 0.3) is 0 Å². The van der Waals surface area contributed by atoms with Crippen molar-refractivity contribution in [2.75, 3.05) is 25.6 Å². The molecule has 0 aliphatic carbocycles. The van der Waals surface area contributed by atoms with Crippen molar-refractivity contribution in [3.63, 3.8) is 0 Å². The maximum absolute atomic E-state index is 12.7. The molecule has 1 aliphatic heterocycles. The normalized spacial score (nSPS) is 16.8. The van der Waals surface area contributed by atoms with Crippen LogP contribution in [-0.4, -0.2) is 41.1 Å². The lowest BCUT2D eigenvalue weighted by Crippen LogP contribution is -2.49. The van der Waals surface area contributed by atoms with Gasteiger partial charge in [0.2, 0.25) is 10.0 Å². The van der Waals surface area contributed by atoms with Gasteiger partial charge in [-0.2, -0.15) is 0 Å². The molecule has 1 atom stereocenters. The fourth-order valence-electron chi connectivity index (χ4n) is 2.76. The number of anilines is 1. The molecule has 7 nitrogen and oxygen atoms in total. The van der Waals surface area contributed by atoms with Gasteiger partial charge in [-0.25, -0.2) is 13.1 Å². The van der Waals surface area contributed by atoms with Gasteiger partial charge in [-0.3, -0.25) is 4.79 Å². The number of carbonyl (C=O) groups is 1. The van der Waals surface area contributed by atoms with E-state index in [-0.39, 0.29) is 23.1 Å². The molecule has 0 saturated carbocycles. The molecule has 0 radical (unpaired) electrons. The summed E-state index contributed by atoms with van der Waals surface area (Å²) in [7, 11) is -0.829. The Hall–Kier alpha value is -2.58. The van der Waals surface area contributed by atoms with Gasteiger partial charge < -0.3 is 14.4 Å². The standard InChI is InChI=1S/C18H20N2O5S/c1-12-8-9-15(24-3)17(10-12)26(22,23)19-11-16-18(21)20(2)13-6-4-5-7-14(13)25-16/h4-10,16,19H,11H2,1-3H3. The van der Waals surface area contributed by atoms with Crippen LogP contribution in [0, 0.1) is 6.92 Å². The number of para-hydroxylation sites is 2. The van der Waals surface area contributed by atoms with Gasteiger partial charge in [-0.1, -0.05) is 18.2 Å². The highest BCUT2D eigenvalue weighted by atomic mass is 32.2. The summed E-state index contributed by atoms with van der Waals surface area (Å²) in [5.74, 6) is 0.455. The number of aryl methyl sites for hydroxylation is 1. The Morgan fingerprint density at radius 2 is 1.96 bits per heavy atom. The summed E-state index contributed by atoms with van der Waals surface area (Å²) in [6, 6.07) is 12.0. The van der Waals surface area contributed by atoms with Crippen LogP contribution in [0.4, 0.5) is 5.69 Å².